The van der Waals surface area contributed by atoms with E-state index in [0.29, 0.717) is 18.6 Å². The summed E-state index contributed by atoms with van der Waals surface area (Å²) in [5.74, 6) is -2.85. The predicted octanol–water partition coefficient (Wildman–Crippen LogP) is 1.57. The molecule has 0 unspecified atom stereocenters. The van der Waals surface area contributed by atoms with E-state index < -0.39 is 32.3 Å². The van der Waals surface area contributed by atoms with E-state index in [1.807, 2.05) is 0 Å². The highest BCUT2D eigenvalue weighted by atomic mass is 32.2. The molecule has 0 bridgehead atoms. The number of hydrogen-bond acceptors (Lipinski definition) is 3. The SMILES string of the molecule is C=CCCOc1c(F)cc(S(N)(=O)=O)cc1F. The lowest BCUT2D eigenvalue weighted by Crippen LogP contribution is -2.13. The van der Waals surface area contributed by atoms with Gasteiger partial charge in [-0.1, -0.05) is 6.08 Å². The van der Waals surface area contributed by atoms with E-state index in [9.17, 15) is 17.2 Å². The van der Waals surface area contributed by atoms with E-state index in [4.69, 9.17) is 9.88 Å². The summed E-state index contributed by atoms with van der Waals surface area (Å²) in [7, 11) is -4.14. The molecule has 1 aromatic rings. The molecule has 0 saturated carbocycles. The van der Waals surface area contributed by atoms with Crippen LogP contribution in [0.25, 0.3) is 0 Å². The topological polar surface area (TPSA) is 69.4 Å². The third-order valence-electron chi connectivity index (χ3n) is 1.87. The standard InChI is InChI=1S/C10H11F2NO3S/c1-2-3-4-16-10-8(11)5-7(6-9(10)12)17(13,14)15/h2,5-6H,1,3-4H2,(H2,13,14,15). The average molecular weight is 263 g/mol. The molecule has 0 aliphatic heterocycles. The number of sulfonamides is 1. The number of benzene rings is 1. The summed E-state index contributed by atoms with van der Waals surface area (Å²) in [5.41, 5.74) is 0. The molecule has 1 rings (SSSR count). The zero-order valence-electron chi connectivity index (χ0n) is 8.82. The lowest BCUT2D eigenvalue weighted by molar-refractivity contribution is 0.290. The normalized spacial score (nSPS) is 11.2. The van der Waals surface area contributed by atoms with Crippen LogP contribution in [0.1, 0.15) is 6.42 Å². The Bertz CT molecular complexity index is 505. The molecule has 94 valence electrons. The van der Waals surface area contributed by atoms with Crippen molar-refractivity contribution in [2.45, 2.75) is 11.3 Å². The Morgan fingerprint density at radius 3 is 2.29 bits per heavy atom. The fourth-order valence-electron chi connectivity index (χ4n) is 1.08. The highest BCUT2D eigenvalue weighted by Crippen LogP contribution is 2.25. The minimum atomic E-state index is -4.14. The quantitative estimate of drug-likeness (QED) is 0.647. The monoisotopic (exact) mass is 263 g/mol. The molecule has 0 amide bonds. The smallest absolute Gasteiger partial charge is 0.238 e. The molecule has 4 nitrogen and oxygen atoms in total. The van der Waals surface area contributed by atoms with Gasteiger partial charge >= 0.3 is 0 Å². The average Bonchev–Trinajstić information content (AvgIpc) is 2.20. The number of halogens is 2. The molecule has 0 spiro atoms. The van der Waals surface area contributed by atoms with Crippen molar-refractivity contribution >= 4 is 10.0 Å². The predicted molar refractivity (Wildman–Crippen MR) is 58.0 cm³/mol. The van der Waals surface area contributed by atoms with Crippen LogP contribution in [-0.2, 0) is 10.0 Å². The Kier molecular flexibility index (Phi) is 4.19. The minimum Gasteiger partial charge on any atom is -0.487 e. The fraction of sp³-hybridized carbons (Fsp3) is 0.200. The maximum absolute atomic E-state index is 13.4. The number of hydrogen-bond donors (Lipinski definition) is 1. The second kappa shape index (κ2) is 5.24. The molecule has 0 aliphatic carbocycles. The Hall–Kier alpha value is -1.47. The maximum Gasteiger partial charge on any atom is 0.238 e. The van der Waals surface area contributed by atoms with E-state index in [1.165, 1.54) is 6.08 Å². The van der Waals surface area contributed by atoms with E-state index in [2.05, 4.69) is 6.58 Å². The second-order valence-electron chi connectivity index (χ2n) is 3.19. The molecule has 0 saturated heterocycles. The summed E-state index contributed by atoms with van der Waals surface area (Å²) < 4.78 is 53.3. The first-order valence-electron chi connectivity index (χ1n) is 4.62. The largest absolute Gasteiger partial charge is 0.487 e. The van der Waals surface area contributed by atoms with Crippen LogP contribution < -0.4 is 9.88 Å². The van der Waals surface area contributed by atoms with Crippen molar-refractivity contribution in [3.63, 3.8) is 0 Å². The van der Waals surface area contributed by atoms with Gasteiger partial charge in [-0.3, -0.25) is 0 Å². The van der Waals surface area contributed by atoms with Crippen LogP contribution in [0.4, 0.5) is 8.78 Å². The van der Waals surface area contributed by atoms with Gasteiger partial charge in [0, 0.05) is 0 Å². The molecule has 17 heavy (non-hydrogen) atoms. The third-order valence-corrected chi connectivity index (χ3v) is 2.76. The first-order chi connectivity index (χ1) is 7.86. The Morgan fingerprint density at radius 1 is 1.35 bits per heavy atom. The number of nitrogens with two attached hydrogens (primary N) is 1. The van der Waals surface area contributed by atoms with Crippen molar-refractivity contribution in [3.8, 4) is 5.75 Å². The van der Waals surface area contributed by atoms with Crippen molar-refractivity contribution in [2.24, 2.45) is 5.14 Å². The minimum absolute atomic E-state index is 0.0477. The summed E-state index contributed by atoms with van der Waals surface area (Å²) >= 11 is 0. The van der Waals surface area contributed by atoms with E-state index in [-0.39, 0.29) is 6.61 Å². The zero-order valence-corrected chi connectivity index (χ0v) is 9.64. The van der Waals surface area contributed by atoms with Crippen LogP contribution in [0, 0.1) is 11.6 Å². The van der Waals surface area contributed by atoms with Crippen LogP contribution in [0.15, 0.2) is 29.7 Å². The van der Waals surface area contributed by atoms with Gasteiger partial charge in [0.15, 0.2) is 17.4 Å². The van der Waals surface area contributed by atoms with E-state index >= 15 is 0 Å². The van der Waals surface area contributed by atoms with Crippen molar-refractivity contribution in [3.05, 3.63) is 36.4 Å². The molecular formula is C10H11F2NO3S. The van der Waals surface area contributed by atoms with Gasteiger partial charge in [-0.25, -0.2) is 22.3 Å². The molecule has 1 aromatic carbocycles. The molecule has 0 atom stereocenters. The molecule has 0 aromatic heterocycles. The van der Waals surface area contributed by atoms with E-state index in [0.717, 1.165) is 0 Å². The van der Waals surface area contributed by atoms with Gasteiger partial charge in [0.25, 0.3) is 0 Å². The highest BCUT2D eigenvalue weighted by Gasteiger charge is 2.17. The summed E-state index contributed by atoms with van der Waals surface area (Å²) in [6, 6.07) is 1.23. The Balaban J connectivity index is 3.07. The molecule has 0 aliphatic rings. The lowest BCUT2D eigenvalue weighted by atomic mass is 10.3. The van der Waals surface area contributed by atoms with Crippen LogP contribution in [-0.4, -0.2) is 15.0 Å². The molecule has 0 radical (unpaired) electrons. The van der Waals surface area contributed by atoms with Gasteiger partial charge in [0.1, 0.15) is 0 Å². The Labute approximate surface area is 97.7 Å². The lowest BCUT2D eigenvalue weighted by Gasteiger charge is -2.08. The zero-order chi connectivity index (χ0) is 13.1. The summed E-state index contributed by atoms with van der Waals surface area (Å²) in [4.78, 5) is -0.636. The van der Waals surface area contributed by atoms with Crippen LogP contribution in [0.3, 0.4) is 0 Å². The molecule has 2 N–H and O–H groups in total. The van der Waals surface area contributed by atoms with Crippen molar-refractivity contribution < 1.29 is 21.9 Å². The van der Waals surface area contributed by atoms with Crippen LogP contribution in [0.5, 0.6) is 5.75 Å². The van der Waals surface area contributed by atoms with Crippen molar-refractivity contribution in [1.82, 2.24) is 0 Å². The summed E-state index contributed by atoms with van der Waals surface area (Å²) in [6.07, 6.45) is 1.93. The van der Waals surface area contributed by atoms with Gasteiger partial charge in [-0.15, -0.1) is 6.58 Å². The van der Waals surface area contributed by atoms with Gasteiger partial charge in [0.2, 0.25) is 10.0 Å². The number of primary sulfonamides is 1. The Morgan fingerprint density at radius 2 is 1.88 bits per heavy atom. The van der Waals surface area contributed by atoms with Gasteiger partial charge in [0.05, 0.1) is 11.5 Å². The first-order valence-corrected chi connectivity index (χ1v) is 6.16. The van der Waals surface area contributed by atoms with Gasteiger partial charge in [-0.2, -0.15) is 0 Å². The molecule has 7 heteroatoms. The van der Waals surface area contributed by atoms with E-state index in [1.54, 1.807) is 0 Å². The highest BCUT2D eigenvalue weighted by molar-refractivity contribution is 7.89. The number of ether oxygens (including phenoxy) is 1. The number of rotatable bonds is 5. The molecule has 0 heterocycles. The molecule has 0 fully saturated rings. The second-order valence-corrected chi connectivity index (χ2v) is 4.75. The van der Waals surface area contributed by atoms with Crippen molar-refractivity contribution in [2.75, 3.05) is 6.61 Å². The van der Waals surface area contributed by atoms with Gasteiger partial charge < -0.3 is 4.74 Å². The third kappa shape index (κ3) is 3.50. The first kappa shape index (κ1) is 13.6. The van der Waals surface area contributed by atoms with Crippen LogP contribution >= 0.6 is 0 Å². The van der Waals surface area contributed by atoms with Crippen LogP contribution in [0.2, 0.25) is 0 Å². The fourth-order valence-corrected chi connectivity index (χ4v) is 1.62. The summed E-state index contributed by atoms with van der Waals surface area (Å²) in [6.45, 7) is 3.47. The summed E-state index contributed by atoms with van der Waals surface area (Å²) in [5, 5.41) is 4.75. The maximum atomic E-state index is 13.4. The van der Waals surface area contributed by atoms with Crippen molar-refractivity contribution in [1.29, 1.82) is 0 Å². The van der Waals surface area contributed by atoms with Gasteiger partial charge in [-0.05, 0) is 18.6 Å². The molecular weight excluding hydrogens is 252 g/mol.